The Labute approximate surface area is 128 Å². The van der Waals surface area contributed by atoms with Gasteiger partial charge in [0.15, 0.2) is 0 Å². The predicted molar refractivity (Wildman–Crippen MR) is 83.1 cm³/mol. The maximum atomic E-state index is 12.2. The fourth-order valence-electron chi connectivity index (χ4n) is 1.74. The molecule has 1 aromatic rings. The lowest BCUT2D eigenvalue weighted by Crippen LogP contribution is -2.32. The van der Waals surface area contributed by atoms with Gasteiger partial charge in [-0.15, -0.1) is 0 Å². The van der Waals surface area contributed by atoms with Crippen molar-refractivity contribution in [2.45, 2.75) is 50.5 Å². The van der Waals surface area contributed by atoms with Gasteiger partial charge in [0.2, 0.25) is 10.0 Å². The van der Waals surface area contributed by atoms with E-state index in [1.807, 2.05) is 6.92 Å². The Balaban J connectivity index is 2.72. The van der Waals surface area contributed by atoms with Gasteiger partial charge in [0.25, 0.3) is 0 Å². The average molecular weight is 369 g/mol. The number of unbranched alkanes of at least 4 members (excludes halogenated alkanes) is 2. The Morgan fingerprint density at radius 2 is 2.05 bits per heavy atom. The van der Waals surface area contributed by atoms with Crippen LogP contribution in [-0.2, 0) is 10.0 Å². The maximum absolute atomic E-state index is 12.2. The summed E-state index contributed by atoms with van der Waals surface area (Å²) in [7, 11) is -3.47. The lowest BCUT2D eigenvalue weighted by molar-refractivity contribution is 0.527. The largest absolute Gasteiger partial charge is 0.240 e. The summed E-state index contributed by atoms with van der Waals surface area (Å²) in [5, 5.41) is 0.495. The molecule has 0 heterocycles. The van der Waals surface area contributed by atoms with Crippen LogP contribution in [0.15, 0.2) is 27.6 Å². The van der Waals surface area contributed by atoms with Crippen molar-refractivity contribution >= 4 is 37.6 Å². The second kappa shape index (κ2) is 7.62. The Morgan fingerprint density at radius 1 is 1.37 bits per heavy atom. The minimum atomic E-state index is -3.47. The molecule has 1 atom stereocenters. The molecule has 0 spiro atoms. The van der Waals surface area contributed by atoms with Crippen LogP contribution >= 0.6 is 27.5 Å². The summed E-state index contributed by atoms with van der Waals surface area (Å²) in [6, 6.07) is 4.53. The van der Waals surface area contributed by atoms with Crippen molar-refractivity contribution in [3.05, 3.63) is 27.7 Å². The van der Waals surface area contributed by atoms with E-state index in [9.17, 15) is 8.42 Å². The molecule has 0 aliphatic heterocycles. The van der Waals surface area contributed by atoms with E-state index in [2.05, 4.69) is 27.6 Å². The molecule has 0 aliphatic carbocycles. The van der Waals surface area contributed by atoms with Crippen molar-refractivity contribution in [3.8, 4) is 0 Å². The van der Waals surface area contributed by atoms with Gasteiger partial charge in [-0.1, -0.05) is 37.8 Å². The Hall–Kier alpha value is -0.100. The molecular formula is C13H19BrClNO2S. The van der Waals surface area contributed by atoms with Gasteiger partial charge in [-0.2, -0.15) is 0 Å². The molecule has 0 bridgehead atoms. The van der Waals surface area contributed by atoms with Crippen LogP contribution in [0.2, 0.25) is 5.02 Å². The first-order valence-electron chi connectivity index (χ1n) is 6.34. The molecule has 108 valence electrons. The Morgan fingerprint density at radius 3 is 2.63 bits per heavy atom. The number of nitrogens with one attached hydrogen (secondary N) is 1. The third-order valence-corrected chi connectivity index (χ3v) is 5.60. The summed E-state index contributed by atoms with van der Waals surface area (Å²) in [5.41, 5.74) is 0. The standard InChI is InChI=1S/C13H19BrClNO2S/c1-3-4-5-6-10(2)16-19(17,18)11-7-8-13(15)12(14)9-11/h7-10,16H,3-6H2,1-2H3. The molecule has 0 saturated carbocycles. The summed E-state index contributed by atoms with van der Waals surface area (Å²) >= 11 is 9.09. The fraction of sp³-hybridized carbons (Fsp3) is 0.538. The third-order valence-electron chi connectivity index (χ3n) is 2.80. The summed E-state index contributed by atoms with van der Waals surface area (Å²) < 4.78 is 27.6. The van der Waals surface area contributed by atoms with Crippen LogP contribution < -0.4 is 4.72 Å². The normalized spacial score (nSPS) is 13.5. The molecule has 3 nitrogen and oxygen atoms in total. The summed E-state index contributed by atoms with van der Waals surface area (Å²) in [6.45, 7) is 4.01. The molecule has 0 aromatic heterocycles. The first-order valence-corrected chi connectivity index (χ1v) is 8.99. The van der Waals surface area contributed by atoms with E-state index in [1.54, 1.807) is 6.07 Å². The van der Waals surface area contributed by atoms with Crippen molar-refractivity contribution < 1.29 is 8.42 Å². The van der Waals surface area contributed by atoms with E-state index in [4.69, 9.17) is 11.6 Å². The second-order valence-electron chi connectivity index (χ2n) is 4.59. The smallest absolute Gasteiger partial charge is 0.208 e. The highest BCUT2D eigenvalue weighted by molar-refractivity contribution is 9.10. The highest BCUT2D eigenvalue weighted by Crippen LogP contribution is 2.25. The number of sulfonamides is 1. The molecule has 1 N–H and O–H groups in total. The number of hydrogen-bond donors (Lipinski definition) is 1. The number of benzene rings is 1. The molecule has 0 radical (unpaired) electrons. The monoisotopic (exact) mass is 367 g/mol. The van der Waals surface area contributed by atoms with E-state index >= 15 is 0 Å². The maximum Gasteiger partial charge on any atom is 0.240 e. The molecule has 0 aliphatic rings. The van der Waals surface area contributed by atoms with Gasteiger partial charge in [-0.05, 0) is 47.5 Å². The predicted octanol–water partition coefficient (Wildman–Crippen LogP) is 4.35. The van der Waals surface area contributed by atoms with Crippen molar-refractivity contribution in [1.82, 2.24) is 4.72 Å². The average Bonchev–Trinajstić information content (AvgIpc) is 2.32. The van der Waals surface area contributed by atoms with Crippen molar-refractivity contribution in [1.29, 1.82) is 0 Å². The van der Waals surface area contributed by atoms with E-state index in [-0.39, 0.29) is 10.9 Å². The molecule has 1 aromatic carbocycles. The summed E-state index contributed by atoms with van der Waals surface area (Å²) in [6.07, 6.45) is 4.13. The second-order valence-corrected chi connectivity index (χ2v) is 7.57. The van der Waals surface area contributed by atoms with Crippen molar-refractivity contribution in [2.75, 3.05) is 0 Å². The van der Waals surface area contributed by atoms with E-state index in [0.29, 0.717) is 9.50 Å². The summed E-state index contributed by atoms with van der Waals surface area (Å²) in [5.74, 6) is 0. The molecular weight excluding hydrogens is 350 g/mol. The Bertz CT molecular complexity index is 519. The first kappa shape index (κ1) is 17.0. The van der Waals surface area contributed by atoms with Crippen molar-refractivity contribution in [3.63, 3.8) is 0 Å². The van der Waals surface area contributed by atoms with Crippen LogP contribution in [0, 0.1) is 0 Å². The molecule has 1 rings (SSSR count). The van der Waals surface area contributed by atoms with Crippen LogP contribution in [-0.4, -0.2) is 14.5 Å². The zero-order valence-corrected chi connectivity index (χ0v) is 14.3. The molecule has 19 heavy (non-hydrogen) atoms. The quantitative estimate of drug-likeness (QED) is 0.727. The van der Waals surface area contributed by atoms with Crippen LogP contribution in [0.5, 0.6) is 0 Å². The van der Waals surface area contributed by atoms with Crippen LogP contribution in [0.4, 0.5) is 0 Å². The van der Waals surface area contributed by atoms with Gasteiger partial charge < -0.3 is 0 Å². The molecule has 0 saturated heterocycles. The number of rotatable bonds is 7. The SMILES string of the molecule is CCCCCC(C)NS(=O)(=O)c1ccc(Cl)c(Br)c1. The van der Waals surface area contributed by atoms with Gasteiger partial charge in [0.05, 0.1) is 9.92 Å². The highest BCUT2D eigenvalue weighted by atomic mass is 79.9. The minimum absolute atomic E-state index is 0.0639. The lowest BCUT2D eigenvalue weighted by Gasteiger charge is -2.14. The molecule has 6 heteroatoms. The van der Waals surface area contributed by atoms with Crippen LogP contribution in [0.1, 0.15) is 39.5 Å². The number of halogens is 2. The van der Waals surface area contributed by atoms with Crippen LogP contribution in [0.25, 0.3) is 0 Å². The first-order chi connectivity index (χ1) is 8.86. The van der Waals surface area contributed by atoms with Gasteiger partial charge in [-0.25, -0.2) is 13.1 Å². The van der Waals surface area contributed by atoms with E-state index in [1.165, 1.54) is 12.1 Å². The topological polar surface area (TPSA) is 46.2 Å². The zero-order chi connectivity index (χ0) is 14.5. The van der Waals surface area contributed by atoms with E-state index in [0.717, 1.165) is 25.7 Å². The number of hydrogen-bond acceptors (Lipinski definition) is 2. The summed E-state index contributed by atoms with van der Waals surface area (Å²) in [4.78, 5) is 0.228. The highest BCUT2D eigenvalue weighted by Gasteiger charge is 2.17. The van der Waals surface area contributed by atoms with E-state index < -0.39 is 10.0 Å². The Kier molecular flexibility index (Phi) is 6.80. The van der Waals surface area contributed by atoms with Gasteiger partial charge >= 0.3 is 0 Å². The van der Waals surface area contributed by atoms with Gasteiger partial charge in [-0.3, -0.25) is 0 Å². The van der Waals surface area contributed by atoms with Gasteiger partial charge in [0.1, 0.15) is 0 Å². The van der Waals surface area contributed by atoms with Gasteiger partial charge in [0, 0.05) is 10.5 Å². The minimum Gasteiger partial charge on any atom is -0.208 e. The third kappa shape index (κ3) is 5.42. The van der Waals surface area contributed by atoms with Crippen LogP contribution in [0.3, 0.4) is 0 Å². The molecule has 0 amide bonds. The zero-order valence-electron chi connectivity index (χ0n) is 11.1. The van der Waals surface area contributed by atoms with Crippen molar-refractivity contribution in [2.24, 2.45) is 0 Å². The molecule has 0 fully saturated rings. The molecule has 1 unspecified atom stereocenters. The fourth-order valence-corrected chi connectivity index (χ4v) is 3.69. The lowest BCUT2D eigenvalue weighted by atomic mass is 10.1.